The van der Waals surface area contributed by atoms with Crippen molar-refractivity contribution in [3.8, 4) is 44.5 Å². The molecule has 2 heterocycles. The van der Waals surface area contributed by atoms with Gasteiger partial charge < -0.3 is 4.90 Å². The van der Waals surface area contributed by atoms with Gasteiger partial charge in [0.2, 0.25) is 0 Å². The van der Waals surface area contributed by atoms with E-state index in [0.29, 0.717) is 0 Å². The molecule has 0 N–H and O–H groups in total. The fraction of sp³-hybridized carbons (Fsp3) is 0. The highest BCUT2D eigenvalue weighted by Gasteiger charge is 2.24. The third-order valence-corrected chi connectivity index (χ3v) is 14.4. The van der Waals surface area contributed by atoms with Gasteiger partial charge in [0.15, 0.2) is 0 Å². The Morgan fingerprint density at radius 1 is 0.295 bits per heavy atom. The highest BCUT2D eigenvalue weighted by molar-refractivity contribution is 7.26. The van der Waals surface area contributed by atoms with Crippen LogP contribution in [0.4, 0.5) is 17.1 Å². The predicted octanol–water partition coefficient (Wildman–Crippen LogP) is 17.7. The summed E-state index contributed by atoms with van der Waals surface area (Å²) in [6, 6.07) is 82.4. The number of thiophene rings is 2. The first kappa shape index (κ1) is 35.6. The number of hydrogen-bond acceptors (Lipinski definition) is 3. The van der Waals surface area contributed by atoms with Crippen LogP contribution in [0.2, 0.25) is 0 Å². The van der Waals surface area contributed by atoms with E-state index in [1.807, 2.05) is 22.7 Å². The summed E-state index contributed by atoms with van der Waals surface area (Å²) < 4.78 is 5.13. The summed E-state index contributed by atoms with van der Waals surface area (Å²) in [7, 11) is 0. The molecule has 0 radical (unpaired) electrons. The van der Waals surface area contributed by atoms with Gasteiger partial charge in [-0.05, 0) is 104 Å². The lowest BCUT2D eigenvalue weighted by Crippen LogP contribution is -2.11. The smallest absolute Gasteiger partial charge is 0.0555 e. The van der Waals surface area contributed by atoms with E-state index in [4.69, 9.17) is 0 Å². The van der Waals surface area contributed by atoms with Crippen molar-refractivity contribution in [3.63, 3.8) is 0 Å². The summed E-state index contributed by atoms with van der Waals surface area (Å²) >= 11 is 3.77. The molecule has 0 fully saturated rings. The monoisotopic (exact) mass is 811 g/mol. The number of hydrogen-bond donors (Lipinski definition) is 0. The van der Waals surface area contributed by atoms with Crippen LogP contribution in [-0.4, -0.2) is 0 Å². The van der Waals surface area contributed by atoms with Crippen molar-refractivity contribution in [3.05, 3.63) is 224 Å². The molecule has 10 aromatic carbocycles. The average Bonchev–Trinajstić information content (AvgIpc) is 3.91. The first-order chi connectivity index (χ1) is 30.2. The third-order valence-electron chi connectivity index (χ3n) is 12.1. The van der Waals surface area contributed by atoms with Gasteiger partial charge in [-0.2, -0.15) is 0 Å². The molecule has 12 rings (SSSR count). The summed E-state index contributed by atoms with van der Waals surface area (Å²) in [5.74, 6) is 0. The standard InChI is InChI=1S/C58H37NS2/c1-4-13-38(14-5-1)45-27-31-49-54(36-45)60-53-22-12-21-51(56(49)53)59(47-29-25-41(26-30-47)44-24-23-40-17-10-11-20-43(40)35-44)52-34-33-48(42-18-8-3-9-19-42)58-57(52)50-32-28-46(37-55(50)61-58)39-15-6-2-7-16-39/h1-37H. The average molecular weight is 812 g/mol. The zero-order chi connectivity index (χ0) is 40.3. The van der Waals surface area contributed by atoms with Crippen molar-refractivity contribution in [2.45, 2.75) is 0 Å². The van der Waals surface area contributed by atoms with Crippen molar-refractivity contribution in [2.24, 2.45) is 0 Å². The maximum Gasteiger partial charge on any atom is 0.0555 e. The van der Waals surface area contributed by atoms with E-state index in [9.17, 15) is 0 Å². The summed E-state index contributed by atoms with van der Waals surface area (Å²) in [6.07, 6.45) is 0. The minimum absolute atomic E-state index is 1.12. The minimum atomic E-state index is 1.12. The Bertz CT molecular complexity index is 3570. The maximum absolute atomic E-state index is 2.53. The van der Waals surface area contributed by atoms with Crippen LogP contribution in [-0.2, 0) is 0 Å². The second kappa shape index (κ2) is 14.8. The summed E-state index contributed by atoms with van der Waals surface area (Å²) in [6.45, 7) is 0. The Hall–Kier alpha value is -7.30. The lowest BCUT2D eigenvalue weighted by Gasteiger charge is -2.28. The Morgan fingerprint density at radius 3 is 1.51 bits per heavy atom. The first-order valence-electron chi connectivity index (χ1n) is 20.7. The third kappa shape index (κ3) is 6.21. The van der Waals surface area contributed by atoms with Crippen molar-refractivity contribution in [1.82, 2.24) is 0 Å². The Balaban J connectivity index is 1.11. The number of rotatable bonds is 7. The fourth-order valence-corrected chi connectivity index (χ4v) is 11.6. The van der Waals surface area contributed by atoms with Gasteiger partial charge >= 0.3 is 0 Å². The van der Waals surface area contributed by atoms with E-state index in [2.05, 4.69) is 229 Å². The van der Waals surface area contributed by atoms with Crippen LogP contribution < -0.4 is 4.90 Å². The molecule has 3 heteroatoms. The summed E-state index contributed by atoms with van der Waals surface area (Å²) in [4.78, 5) is 2.53. The molecule has 61 heavy (non-hydrogen) atoms. The van der Waals surface area contributed by atoms with Crippen molar-refractivity contribution < 1.29 is 0 Å². The van der Waals surface area contributed by atoms with E-state index >= 15 is 0 Å². The lowest BCUT2D eigenvalue weighted by molar-refractivity contribution is 1.32. The molecule has 0 amide bonds. The van der Waals surface area contributed by atoms with Crippen LogP contribution in [0.1, 0.15) is 0 Å². The number of benzene rings is 10. The number of nitrogens with zero attached hydrogens (tertiary/aromatic N) is 1. The normalized spacial score (nSPS) is 11.6. The zero-order valence-electron chi connectivity index (χ0n) is 33.1. The highest BCUT2D eigenvalue weighted by atomic mass is 32.1. The molecule has 0 unspecified atom stereocenters. The Kier molecular flexibility index (Phi) is 8.62. The van der Waals surface area contributed by atoms with Crippen molar-refractivity contribution in [1.29, 1.82) is 0 Å². The quantitative estimate of drug-likeness (QED) is 0.155. The van der Waals surface area contributed by atoms with Gasteiger partial charge in [-0.1, -0.05) is 176 Å². The van der Waals surface area contributed by atoms with Gasteiger partial charge in [0, 0.05) is 46.0 Å². The van der Waals surface area contributed by atoms with Gasteiger partial charge in [-0.3, -0.25) is 0 Å². The Labute approximate surface area is 362 Å². The SMILES string of the molecule is c1ccc(-c2ccc3c(c2)sc2cccc(N(c4ccc(-c5ccc6ccccc6c5)cc4)c4ccc(-c5ccccc5)c5sc6cc(-c7ccccc7)ccc6c45)c23)cc1. The largest absolute Gasteiger partial charge is 0.309 e. The molecule has 0 aliphatic rings. The van der Waals surface area contributed by atoms with Crippen molar-refractivity contribution in [2.75, 3.05) is 4.90 Å². The Morgan fingerprint density at radius 2 is 0.820 bits per heavy atom. The van der Waals surface area contributed by atoms with E-state index in [1.54, 1.807) is 0 Å². The molecule has 0 atom stereocenters. The van der Waals surface area contributed by atoms with Crippen LogP contribution in [0, 0.1) is 0 Å². The van der Waals surface area contributed by atoms with E-state index in [1.165, 1.54) is 107 Å². The van der Waals surface area contributed by atoms with Crippen molar-refractivity contribution >= 4 is 90.9 Å². The second-order valence-corrected chi connectivity index (χ2v) is 17.8. The summed E-state index contributed by atoms with van der Waals surface area (Å²) in [5, 5.41) is 7.57. The molecule has 1 nitrogen and oxygen atoms in total. The molecule has 0 saturated heterocycles. The number of anilines is 3. The van der Waals surface area contributed by atoms with Gasteiger partial charge in [-0.25, -0.2) is 0 Å². The molecule has 286 valence electrons. The molecule has 0 saturated carbocycles. The zero-order valence-corrected chi connectivity index (χ0v) is 34.8. The molecule has 12 aromatic rings. The number of fused-ring (bicyclic) bond motifs is 7. The molecule has 0 bridgehead atoms. The predicted molar refractivity (Wildman–Crippen MR) is 266 cm³/mol. The van der Waals surface area contributed by atoms with E-state index in [-0.39, 0.29) is 0 Å². The molecule has 0 aliphatic heterocycles. The first-order valence-corrected chi connectivity index (χ1v) is 22.4. The molecular formula is C58H37NS2. The molecule has 2 aromatic heterocycles. The molecule has 0 spiro atoms. The van der Waals surface area contributed by atoms with Gasteiger partial charge in [0.1, 0.15) is 0 Å². The lowest BCUT2D eigenvalue weighted by atomic mass is 9.98. The fourth-order valence-electron chi connectivity index (χ4n) is 9.09. The van der Waals surface area contributed by atoms with E-state index in [0.717, 1.165) is 5.69 Å². The van der Waals surface area contributed by atoms with Crippen LogP contribution in [0.5, 0.6) is 0 Å². The summed E-state index contributed by atoms with van der Waals surface area (Å²) in [5.41, 5.74) is 13.3. The molecular weight excluding hydrogens is 775 g/mol. The molecule has 0 aliphatic carbocycles. The van der Waals surface area contributed by atoms with Gasteiger partial charge in [0.05, 0.1) is 11.4 Å². The van der Waals surface area contributed by atoms with Crippen LogP contribution in [0.15, 0.2) is 224 Å². The van der Waals surface area contributed by atoms with Crippen LogP contribution in [0.25, 0.3) is 95.6 Å². The minimum Gasteiger partial charge on any atom is -0.309 e. The second-order valence-electron chi connectivity index (χ2n) is 15.7. The topological polar surface area (TPSA) is 3.24 Å². The van der Waals surface area contributed by atoms with Crippen LogP contribution >= 0.6 is 22.7 Å². The van der Waals surface area contributed by atoms with E-state index < -0.39 is 0 Å². The van der Waals surface area contributed by atoms with Gasteiger partial charge in [0.25, 0.3) is 0 Å². The van der Waals surface area contributed by atoms with Crippen LogP contribution in [0.3, 0.4) is 0 Å². The maximum atomic E-state index is 2.53. The highest BCUT2D eigenvalue weighted by Crippen LogP contribution is 2.51. The van der Waals surface area contributed by atoms with Gasteiger partial charge in [-0.15, -0.1) is 22.7 Å².